The summed E-state index contributed by atoms with van der Waals surface area (Å²) in [6.07, 6.45) is 0. The van der Waals surface area contributed by atoms with E-state index < -0.39 is 18.3 Å². The number of hydrogen-bond donors (Lipinski definition) is 0. The van der Waals surface area contributed by atoms with Gasteiger partial charge in [-0.05, 0) is 52.9 Å². The van der Waals surface area contributed by atoms with Gasteiger partial charge in [0.2, 0.25) is 0 Å². The number of piperazine rings is 1. The van der Waals surface area contributed by atoms with Crippen LogP contribution in [-0.4, -0.2) is 67.3 Å². The molecule has 2 heterocycles. The summed E-state index contributed by atoms with van der Waals surface area (Å²) in [5.41, 5.74) is 0.440. The lowest BCUT2D eigenvalue weighted by molar-refractivity contribution is 0.00578. The molecule has 0 N–H and O–H groups in total. The molecule has 2 saturated heterocycles. The first kappa shape index (κ1) is 18.7. The van der Waals surface area contributed by atoms with Crippen LogP contribution in [0.3, 0.4) is 0 Å². The van der Waals surface area contributed by atoms with E-state index in [4.69, 9.17) is 20.9 Å². The lowest BCUT2D eigenvalue weighted by atomic mass is 9.78. The second-order valence-electron chi connectivity index (χ2n) is 7.92. The summed E-state index contributed by atoms with van der Waals surface area (Å²) in [5.74, 6) is 0.0301. The van der Waals surface area contributed by atoms with Crippen LogP contribution in [-0.2, 0) is 9.31 Å². The van der Waals surface area contributed by atoms with Crippen LogP contribution in [0.2, 0.25) is 5.02 Å². The van der Waals surface area contributed by atoms with Gasteiger partial charge in [-0.3, -0.25) is 4.79 Å². The quantitative estimate of drug-likeness (QED) is 0.753. The molecular formula is C18H26BClN2O3. The standard InChI is InChI=1S/C18H26BClN2O3/c1-17(2)18(3,4)25-19(24-17)14-12-13(6-7-15(14)20)16(23)22-10-8-21(5)9-11-22/h6-7,12H,8-11H2,1-5H3. The van der Waals surface area contributed by atoms with Crippen molar-refractivity contribution in [3.05, 3.63) is 28.8 Å². The third-order valence-electron chi connectivity index (χ3n) is 5.54. The molecular weight excluding hydrogens is 338 g/mol. The lowest BCUT2D eigenvalue weighted by Crippen LogP contribution is -2.47. The molecule has 0 unspecified atom stereocenters. The van der Waals surface area contributed by atoms with Crippen molar-refractivity contribution in [2.75, 3.05) is 33.2 Å². The van der Waals surface area contributed by atoms with E-state index in [0.29, 0.717) is 16.0 Å². The van der Waals surface area contributed by atoms with Crippen LogP contribution in [0.5, 0.6) is 0 Å². The van der Waals surface area contributed by atoms with Crippen molar-refractivity contribution in [2.45, 2.75) is 38.9 Å². The minimum absolute atomic E-state index is 0.0301. The Bertz CT molecular complexity index is 656. The fourth-order valence-corrected chi connectivity index (χ4v) is 3.23. The summed E-state index contributed by atoms with van der Waals surface area (Å²) in [7, 11) is 1.50. The molecule has 2 fully saturated rings. The smallest absolute Gasteiger partial charge is 0.399 e. The van der Waals surface area contributed by atoms with Crippen molar-refractivity contribution in [3.8, 4) is 0 Å². The second-order valence-corrected chi connectivity index (χ2v) is 8.33. The van der Waals surface area contributed by atoms with Crippen LogP contribution in [0, 0.1) is 0 Å². The van der Waals surface area contributed by atoms with E-state index in [0.717, 1.165) is 26.2 Å². The van der Waals surface area contributed by atoms with Gasteiger partial charge in [0.15, 0.2) is 0 Å². The van der Waals surface area contributed by atoms with E-state index in [1.165, 1.54) is 0 Å². The molecule has 1 aromatic carbocycles. The average molecular weight is 365 g/mol. The van der Waals surface area contributed by atoms with Gasteiger partial charge in [0.25, 0.3) is 5.91 Å². The normalized spacial score (nSPS) is 23.1. The molecule has 0 bridgehead atoms. The van der Waals surface area contributed by atoms with E-state index in [1.54, 1.807) is 12.1 Å². The van der Waals surface area contributed by atoms with E-state index in [-0.39, 0.29) is 5.91 Å². The highest BCUT2D eigenvalue weighted by Gasteiger charge is 2.52. The van der Waals surface area contributed by atoms with Crippen LogP contribution in [0.15, 0.2) is 18.2 Å². The maximum Gasteiger partial charge on any atom is 0.496 e. The van der Waals surface area contributed by atoms with Crippen molar-refractivity contribution < 1.29 is 14.1 Å². The first-order chi connectivity index (χ1) is 11.6. The topological polar surface area (TPSA) is 42.0 Å². The number of nitrogens with zero attached hydrogens (tertiary/aromatic N) is 2. The minimum atomic E-state index is -0.572. The van der Waals surface area contributed by atoms with Crippen molar-refractivity contribution in [1.29, 1.82) is 0 Å². The number of likely N-dealkylation sites (N-methyl/N-ethyl adjacent to an activating group) is 1. The van der Waals surface area contributed by atoms with Crippen LogP contribution < -0.4 is 5.46 Å². The molecule has 3 rings (SSSR count). The molecule has 2 aliphatic rings. The van der Waals surface area contributed by atoms with Crippen LogP contribution in [0.1, 0.15) is 38.1 Å². The molecule has 0 atom stereocenters. The van der Waals surface area contributed by atoms with Crippen LogP contribution in [0.4, 0.5) is 0 Å². The average Bonchev–Trinajstić information content (AvgIpc) is 2.76. The Labute approximate surface area is 155 Å². The van der Waals surface area contributed by atoms with Crippen molar-refractivity contribution in [2.24, 2.45) is 0 Å². The maximum absolute atomic E-state index is 12.8. The van der Waals surface area contributed by atoms with Crippen LogP contribution in [0.25, 0.3) is 0 Å². The Balaban J connectivity index is 1.83. The zero-order valence-corrected chi connectivity index (χ0v) is 16.4. The molecule has 0 spiro atoms. The molecule has 5 nitrogen and oxygen atoms in total. The third kappa shape index (κ3) is 3.58. The predicted octanol–water partition coefficient (Wildman–Crippen LogP) is 2.03. The van der Waals surface area contributed by atoms with E-state index in [2.05, 4.69) is 11.9 Å². The van der Waals surface area contributed by atoms with Crippen molar-refractivity contribution in [1.82, 2.24) is 9.80 Å². The first-order valence-electron chi connectivity index (χ1n) is 8.74. The summed E-state index contributed by atoms with van der Waals surface area (Å²) in [5, 5.41) is 0.549. The second kappa shape index (κ2) is 6.58. The molecule has 136 valence electrons. The largest absolute Gasteiger partial charge is 0.496 e. The highest BCUT2D eigenvalue weighted by Crippen LogP contribution is 2.37. The number of rotatable bonds is 2. The molecule has 1 amide bonds. The zero-order chi connectivity index (χ0) is 18.4. The Kier molecular flexibility index (Phi) is 4.92. The number of hydrogen-bond acceptors (Lipinski definition) is 4. The van der Waals surface area contributed by atoms with E-state index in [9.17, 15) is 4.79 Å². The Hall–Kier alpha value is -1.08. The Morgan fingerprint density at radius 1 is 1.08 bits per heavy atom. The summed E-state index contributed by atoms with van der Waals surface area (Å²) < 4.78 is 12.2. The summed E-state index contributed by atoms with van der Waals surface area (Å²) in [4.78, 5) is 16.9. The Morgan fingerprint density at radius 2 is 1.64 bits per heavy atom. The molecule has 1 aromatic rings. The number of carbonyl (C=O) groups is 1. The maximum atomic E-state index is 12.8. The lowest BCUT2D eigenvalue weighted by Gasteiger charge is -2.32. The summed E-state index contributed by atoms with van der Waals surface area (Å²) in [6, 6.07) is 5.34. The Morgan fingerprint density at radius 3 is 2.20 bits per heavy atom. The molecule has 2 aliphatic heterocycles. The van der Waals surface area contributed by atoms with Gasteiger partial charge in [-0.1, -0.05) is 11.6 Å². The van der Waals surface area contributed by atoms with Gasteiger partial charge in [-0.25, -0.2) is 0 Å². The monoisotopic (exact) mass is 364 g/mol. The predicted molar refractivity (Wildman–Crippen MR) is 101 cm³/mol. The number of benzene rings is 1. The van der Waals surface area contributed by atoms with Gasteiger partial charge in [-0.15, -0.1) is 0 Å². The van der Waals surface area contributed by atoms with Gasteiger partial charge < -0.3 is 19.1 Å². The van der Waals surface area contributed by atoms with Gasteiger partial charge in [0.1, 0.15) is 0 Å². The summed E-state index contributed by atoms with van der Waals surface area (Å²) >= 11 is 6.38. The fourth-order valence-electron chi connectivity index (χ4n) is 3.02. The highest BCUT2D eigenvalue weighted by molar-refractivity contribution is 6.65. The van der Waals surface area contributed by atoms with Gasteiger partial charge in [-0.2, -0.15) is 0 Å². The minimum Gasteiger partial charge on any atom is -0.399 e. The van der Waals surface area contributed by atoms with Gasteiger partial charge >= 0.3 is 7.12 Å². The molecule has 25 heavy (non-hydrogen) atoms. The SMILES string of the molecule is CN1CCN(C(=O)c2ccc(Cl)c(B3OC(C)(C)C(C)(C)O3)c2)CC1. The molecule has 0 saturated carbocycles. The van der Waals surface area contributed by atoms with Crippen LogP contribution >= 0.6 is 11.6 Å². The first-order valence-corrected chi connectivity index (χ1v) is 9.11. The molecule has 0 aromatic heterocycles. The molecule has 0 aliphatic carbocycles. The molecule has 7 heteroatoms. The number of amides is 1. The van der Waals surface area contributed by atoms with E-state index >= 15 is 0 Å². The zero-order valence-electron chi connectivity index (χ0n) is 15.6. The van der Waals surface area contributed by atoms with Crippen molar-refractivity contribution >= 4 is 30.1 Å². The third-order valence-corrected chi connectivity index (χ3v) is 5.88. The molecule has 0 radical (unpaired) electrons. The number of halogens is 1. The fraction of sp³-hybridized carbons (Fsp3) is 0.611. The number of carbonyl (C=O) groups excluding carboxylic acids is 1. The van der Waals surface area contributed by atoms with Gasteiger partial charge in [0, 0.05) is 42.2 Å². The highest BCUT2D eigenvalue weighted by atomic mass is 35.5. The summed E-state index contributed by atoms with van der Waals surface area (Å²) in [6.45, 7) is 11.3. The van der Waals surface area contributed by atoms with E-state index in [1.807, 2.05) is 38.7 Å². The van der Waals surface area contributed by atoms with Gasteiger partial charge in [0.05, 0.1) is 11.2 Å². The van der Waals surface area contributed by atoms with Crippen molar-refractivity contribution in [3.63, 3.8) is 0 Å².